The van der Waals surface area contributed by atoms with Crippen molar-refractivity contribution >= 4 is 7.69 Å². The Labute approximate surface area is 32.1 Å². The zero-order valence-electron chi connectivity index (χ0n) is 2.89. The summed E-state index contributed by atoms with van der Waals surface area (Å²) in [6.45, 7) is 6.00. The van der Waals surface area contributed by atoms with E-state index in [1.807, 2.05) is 0 Å². The monoisotopic (exact) mass is 73.0 g/mol. The van der Waals surface area contributed by atoms with Crippen LogP contribution < -0.4 is 0 Å². The summed E-state index contributed by atoms with van der Waals surface area (Å²) in [4.78, 5) is 0. The van der Waals surface area contributed by atoms with Gasteiger partial charge in [-0.3, -0.25) is 0 Å². The predicted octanol–water partition coefficient (Wildman–Crippen LogP) is -0.693. The van der Waals surface area contributed by atoms with Crippen LogP contribution in [0.3, 0.4) is 0 Å². The van der Waals surface area contributed by atoms with E-state index in [9.17, 15) is 0 Å². The first-order valence-electron chi connectivity index (χ1n) is 1.02. The van der Waals surface area contributed by atoms with Crippen LogP contribution in [0.2, 0.25) is 0 Å². The maximum Gasteiger partial charge on any atom is 0.482 e. The van der Waals surface area contributed by atoms with Crippen LogP contribution in [-0.4, -0.2) is 17.7 Å². The molecule has 1 radical (unpaired) electrons. The van der Waals surface area contributed by atoms with E-state index < -0.39 is 0 Å². The van der Waals surface area contributed by atoms with Crippen molar-refractivity contribution in [3.63, 3.8) is 0 Å². The van der Waals surface area contributed by atoms with E-state index in [0.29, 0.717) is 0 Å². The highest BCUT2D eigenvalue weighted by atomic mass is 16.4. The lowest BCUT2D eigenvalue weighted by molar-refractivity contribution is 0.448. The van der Waals surface area contributed by atoms with E-state index in [4.69, 9.17) is 10.0 Å². The molecule has 0 heterocycles. The third kappa shape index (κ3) is 146. The van der Waals surface area contributed by atoms with Gasteiger partial charge in [0, 0.05) is 0 Å². The second kappa shape index (κ2) is 52.6. The molecule has 0 amide bonds. The van der Waals surface area contributed by atoms with Crippen LogP contribution >= 0.6 is 0 Å². The van der Waals surface area contributed by atoms with Gasteiger partial charge in [-0.25, -0.2) is 0 Å². The Balaban J connectivity index is 0. The fourth-order valence-corrected chi connectivity index (χ4v) is 0. The molecule has 2 nitrogen and oxygen atoms in total. The standard InChI is InChI=1S/C2H4.BH2O2/c1-2;2-1-3/h1-2H2;2-3H. The van der Waals surface area contributed by atoms with Gasteiger partial charge >= 0.3 is 7.69 Å². The van der Waals surface area contributed by atoms with Gasteiger partial charge in [0.25, 0.3) is 0 Å². The van der Waals surface area contributed by atoms with E-state index in [1.165, 1.54) is 0 Å². The summed E-state index contributed by atoms with van der Waals surface area (Å²) < 4.78 is 0. The summed E-state index contributed by atoms with van der Waals surface area (Å²) in [6.07, 6.45) is 0. The van der Waals surface area contributed by atoms with Crippen molar-refractivity contribution in [1.82, 2.24) is 0 Å². The molecule has 0 saturated carbocycles. The van der Waals surface area contributed by atoms with Gasteiger partial charge in [0.1, 0.15) is 0 Å². The van der Waals surface area contributed by atoms with Crippen molar-refractivity contribution in [3.8, 4) is 0 Å². The summed E-state index contributed by atoms with van der Waals surface area (Å²) in [7, 11) is 0. The molecule has 0 aliphatic rings. The van der Waals surface area contributed by atoms with Gasteiger partial charge in [-0.05, 0) is 0 Å². The van der Waals surface area contributed by atoms with E-state index in [1.54, 1.807) is 0 Å². The Morgan fingerprint density at radius 3 is 1.20 bits per heavy atom. The Hall–Kier alpha value is -0.275. The normalized spacial score (nSPS) is 3.60. The van der Waals surface area contributed by atoms with Gasteiger partial charge < -0.3 is 10.0 Å². The van der Waals surface area contributed by atoms with Gasteiger partial charge in [0.2, 0.25) is 0 Å². The van der Waals surface area contributed by atoms with Gasteiger partial charge in [0.05, 0.1) is 0 Å². The summed E-state index contributed by atoms with van der Waals surface area (Å²) in [5.74, 6) is 0. The summed E-state index contributed by atoms with van der Waals surface area (Å²) in [5, 5.41) is 14.0. The molecule has 5 heavy (non-hydrogen) atoms. The molecule has 0 unspecified atom stereocenters. The highest BCUT2D eigenvalue weighted by molar-refractivity contribution is 6.13. The molecule has 3 heteroatoms. The SMILES string of the molecule is C=C.O[B]O. The Bertz CT molecular complexity index is 11.6. The van der Waals surface area contributed by atoms with E-state index in [-0.39, 0.29) is 7.69 Å². The molecule has 0 aliphatic heterocycles. The first kappa shape index (κ1) is 8.83. The first-order valence-corrected chi connectivity index (χ1v) is 1.02. The molecule has 0 saturated heterocycles. The smallest absolute Gasteiger partial charge is 0.429 e. The molecule has 0 fully saturated rings. The van der Waals surface area contributed by atoms with Gasteiger partial charge in [-0.1, -0.05) is 0 Å². The number of hydrogen-bond donors (Lipinski definition) is 2. The molecule has 29 valence electrons. The van der Waals surface area contributed by atoms with Crippen molar-refractivity contribution in [2.24, 2.45) is 0 Å². The molecule has 0 spiro atoms. The lowest BCUT2D eigenvalue weighted by Crippen LogP contribution is -1.75. The lowest BCUT2D eigenvalue weighted by Gasteiger charge is -1.46. The summed E-state index contributed by atoms with van der Waals surface area (Å²) >= 11 is 0. The number of hydrogen-bond acceptors (Lipinski definition) is 2. The van der Waals surface area contributed by atoms with Crippen molar-refractivity contribution in [1.29, 1.82) is 0 Å². The van der Waals surface area contributed by atoms with Crippen LogP contribution in [0.25, 0.3) is 0 Å². The fourth-order valence-electron chi connectivity index (χ4n) is 0. The average molecular weight is 72.9 g/mol. The van der Waals surface area contributed by atoms with E-state index in [0.717, 1.165) is 0 Å². The highest BCUT2D eigenvalue weighted by Crippen LogP contribution is 1.08. The molecule has 0 aliphatic carbocycles. The van der Waals surface area contributed by atoms with Crippen molar-refractivity contribution in [2.45, 2.75) is 0 Å². The highest BCUT2D eigenvalue weighted by Gasteiger charge is 1.51. The minimum atomic E-state index is 0. The third-order valence-corrected chi connectivity index (χ3v) is 0. The van der Waals surface area contributed by atoms with Crippen LogP contribution in [0, 0.1) is 0 Å². The second-order valence-corrected chi connectivity index (χ2v) is 0.115. The second-order valence-electron chi connectivity index (χ2n) is 0.115. The van der Waals surface area contributed by atoms with Gasteiger partial charge in [0.15, 0.2) is 0 Å². The molecule has 0 aromatic carbocycles. The topological polar surface area (TPSA) is 40.5 Å². The van der Waals surface area contributed by atoms with Crippen molar-refractivity contribution < 1.29 is 10.0 Å². The van der Waals surface area contributed by atoms with Gasteiger partial charge in [-0.2, -0.15) is 0 Å². The first-order chi connectivity index (χ1) is 2.41. The zero-order chi connectivity index (χ0) is 4.71. The Kier molecular flexibility index (Phi) is 92.9. The average Bonchev–Trinajstić information content (AvgIpc) is 1.46. The molecule has 0 aromatic rings. The molecular formula is C2H6BO2. The van der Waals surface area contributed by atoms with Crippen LogP contribution in [-0.2, 0) is 0 Å². The molecule has 0 bridgehead atoms. The van der Waals surface area contributed by atoms with Gasteiger partial charge in [-0.15, -0.1) is 13.2 Å². The van der Waals surface area contributed by atoms with Crippen LogP contribution in [0.5, 0.6) is 0 Å². The minimum Gasteiger partial charge on any atom is -0.429 e. The largest absolute Gasteiger partial charge is 0.482 e. The quantitative estimate of drug-likeness (QED) is 0.294. The molecule has 0 aromatic heterocycles. The zero-order valence-corrected chi connectivity index (χ0v) is 2.89. The van der Waals surface area contributed by atoms with Crippen LogP contribution in [0.1, 0.15) is 0 Å². The van der Waals surface area contributed by atoms with Crippen LogP contribution in [0.15, 0.2) is 13.2 Å². The predicted molar refractivity (Wildman–Crippen MR) is 21.4 cm³/mol. The minimum absolute atomic E-state index is 0. The van der Waals surface area contributed by atoms with E-state index in [2.05, 4.69) is 13.2 Å². The lowest BCUT2D eigenvalue weighted by atomic mass is 10.5. The molecule has 0 atom stereocenters. The Morgan fingerprint density at radius 1 is 1.20 bits per heavy atom. The Morgan fingerprint density at radius 2 is 1.20 bits per heavy atom. The maximum atomic E-state index is 7.00. The van der Waals surface area contributed by atoms with Crippen molar-refractivity contribution in [2.75, 3.05) is 0 Å². The molecule has 2 N–H and O–H groups in total. The summed E-state index contributed by atoms with van der Waals surface area (Å²) in [6, 6.07) is 0. The third-order valence-electron chi connectivity index (χ3n) is 0. The number of rotatable bonds is 0. The molecular weight excluding hydrogens is 66.8 g/mol. The van der Waals surface area contributed by atoms with E-state index >= 15 is 0 Å². The summed E-state index contributed by atoms with van der Waals surface area (Å²) in [5.41, 5.74) is 0. The molecule has 0 rings (SSSR count). The van der Waals surface area contributed by atoms with Crippen molar-refractivity contribution in [3.05, 3.63) is 13.2 Å². The van der Waals surface area contributed by atoms with Crippen LogP contribution in [0.4, 0.5) is 0 Å². The fraction of sp³-hybridized carbons (Fsp3) is 0. The maximum absolute atomic E-state index is 7.00.